The lowest BCUT2D eigenvalue weighted by Gasteiger charge is -2.63. The summed E-state index contributed by atoms with van der Waals surface area (Å²) in [7, 11) is 0. The Morgan fingerprint density at radius 3 is 2.38 bits per heavy atom. The molecule has 0 aromatic carbocycles. The number of allylic oxidation sites excluding steroid dienone is 1. The molecule has 4 aliphatic rings. The van der Waals surface area contributed by atoms with Crippen molar-refractivity contribution in [2.45, 2.75) is 118 Å². The molecule has 0 aliphatic heterocycles. The van der Waals surface area contributed by atoms with E-state index in [9.17, 15) is 5.11 Å². The summed E-state index contributed by atoms with van der Waals surface area (Å²) in [6.45, 7) is 15.3. The number of aliphatic hydroxyl groups excluding tert-OH is 1. The van der Waals surface area contributed by atoms with E-state index >= 15 is 0 Å². The van der Waals surface area contributed by atoms with Gasteiger partial charge in [-0.2, -0.15) is 0 Å². The lowest BCUT2D eigenvalue weighted by Crippen LogP contribution is -2.55. The van der Waals surface area contributed by atoms with Crippen LogP contribution in [-0.4, -0.2) is 11.2 Å². The highest BCUT2D eigenvalue weighted by Crippen LogP contribution is 2.72. The monoisotopic (exact) mass is 400 g/mol. The van der Waals surface area contributed by atoms with Crippen molar-refractivity contribution in [2.75, 3.05) is 0 Å². The summed E-state index contributed by atoms with van der Waals surface area (Å²) in [6, 6.07) is 0. The van der Waals surface area contributed by atoms with E-state index in [0.29, 0.717) is 16.2 Å². The van der Waals surface area contributed by atoms with Gasteiger partial charge >= 0.3 is 0 Å². The van der Waals surface area contributed by atoms with Crippen LogP contribution in [-0.2, 0) is 0 Å². The molecule has 0 saturated heterocycles. The zero-order valence-electron chi connectivity index (χ0n) is 20.3. The maximum absolute atomic E-state index is 10.3. The van der Waals surface area contributed by atoms with E-state index in [1.807, 2.05) is 0 Å². The largest absolute Gasteiger partial charge is 0.393 e. The molecule has 1 N–H and O–H groups in total. The summed E-state index contributed by atoms with van der Waals surface area (Å²) in [5.41, 5.74) is 3.02. The Morgan fingerprint density at radius 1 is 0.931 bits per heavy atom. The number of rotatable bonds is 5. The topological polar surface area (TPSA) is 20.2 Å². The van der Waals surface area contributed by atoms with Gasteiger partial charge in [0.2, 0.25) is 0 Å². The number of hydrogen-bond donors (Lipinski definition) is 1. The third kappa shape index (κ3) is 3.37. The molecule has 3 saturated carbocycles. The van der Waals surface area contributed by atoms with Gasteiger partial charge < -0.3 is 5.11 Å². The number of hydrogen-bond acceptors (Lipinski definition) is 1. The zero-order chi connectivity index (χ0) is 21.0. The van der Waals surface area contributed by atoms with Crippen molar-refractivity contribution in [1.82, 2.24) is 0 Å². The van der Waals surface area contributed by atoms with Gasteiger partial charge in [0, 0.05) is 0 Å². The van der Waals surface area contributed by atoms with E-state index in [1.165, 1.54) is 57.8 Å². The maximum Gasteiger partial charge on any atom is 0.0577 e. The van der Waals surface area contributed by atoms with Gasteiger partial charge in [0.05, 0.1) is 6.10 Å². The van der Waals surface area contributed by atoms with Gasteiger partial charge in [-0.05, 0) is 97.2 Å². The van der Waals surface area contributed by atoms with Gasteiger partial charge in [0.1, 0.15) is 0 Å². The first-order chi connectivity index (χ1) is 13.6. The SMILES string of the molecule is CC(C)CCC[C@@H](C)[C@H]1CC[C@@]2(C)[C@@H]3CC=C4C[C@H](O)CC[C@]4(C)[C@H]3CC[C@]12C. The van der Waals surface area contributed by atoms with E-state index in [-0.39, 0.29) is 6.10 Å². The van der Waals surface area contributed by atoms with Crippen molar-refractivity contribution in [3.05, 3.63) is 11.6 Å². The first kappa shape index (κ1) is 21.9. The highest BCUT2D eigenvalue weighted by atomic mass is 16.3. The molecule has 0 amide bonds. The standard InChI is InChI=1S/C28H48O/c1-19(2)8-7-9-20(3)23-13-16-28(6)25-11-10-21-18-22(29)12-15-26(21,4)24(25)14-17-27(23,28)5/h10,19-20,22-25,29H,7-9,11-18H2,1-6H3/t20-,22-,23-,24+,25-,26+,27-,28+/m1/s1. The molecule has 1 heteroatoms. The average Bonchev–Trinajstić information content (AvgIpc) is 2.93. The van der Waals surface area contributed by atoms with Crippen molar-refractivity contribution < 1.29 is 5.11 Å². The van der Waals surface area contributed by atoms with Crippen molar-refractivity contribution in [1.29, 1.82) is 0 Å². The molecular formula is C28H48O. The summed E-state index contributed by atoms with van der Waals surface area (Å²) >= 11 is 0. The molecular weight excluding hydrogens is 352 g/mol. The van der Waals surface area contributed by atoms with Crippen molar-refractivity contribution in [2.24, 2.45) is 45.8 Å². The summed E-state index contributed by atoms with van der Waals surface area (Å²) in [4.78, 5) is 0. The van der Waals surface area contributed by atoms with Crippen LogP contribution in [0.4, 0.5) is 0 Å². The summed E-state index contributed by atoms with van der Waals surface area (Å²) in [5.74, 6) is 4.36. The fraction of sp³-hybridized carbons (Fsp3) is 0.929. The van der Waals surface area contributed by atoms with E-state index < -0.39 is 0 Å². The second-order valence-corrected chi connectivity index (χ2v) is 12.8. The molecule has 0 aromatic rings. The summed E-state index contributed by atoms with van der Waals surface area (Å²) < 4.78 is 0. The molecule has 0 radical (unpaired) electrons. The third-order valence-electron chi connectivity index (χ3n) is 11.1. The van der Waals surface area contributed by atoms with Crippen LogP contribution in [0.1, 0.15) is 112 Å². The second-order valence-electron chi connectivity index (χ2n) is 12.8. The Labute approximate surface area is 181 Å². The van der Waals surface area contributed by atoms with Gasteiger partial charge in [0.25, 0.3) is 0 Å². The predicted molar refractivity (Wildman–Crippen MR) is 124 cm³/mol. The Morgan fingerprint density at radius 2 is 1.66 bits per heavy atom. The fourth-order valence-corrected chi connectivity index (χ4v) is 9.04. The maximum atomic E-state index is 10.3. The minimum atomic E-state index is -0.0853. The van der Waals surface area contributed by atoms with Gasteiger partial charge in [-0.15, -0.1) is 0 Å². The fourth-order valence-electron chi connectivity index (χ4n) is 9.04. The second kappa shape index (κ2) is 7.68. The van der Waals surface area contributed by atoms with Crippen LogP contribution in [0.15, 0.2) is 11.6 Å². The molecule has 8 atom stereocenters. The van der Waals surface area contributed by atoms with Gasteiger partial charge in [-0.3, -0.25) is 0 Å². The average molecular weight is 401 g/mol. The lowest BCUT2D eigenvalue weighted by atomic mass is 9.42. The van der Waals surface area contributed by atoms with Crippen molar-refractivity contribution >= 4 is 0 Å². The summed E-state index contributed by atoms with van der Waals surface area (Å²) in [5, 5.41) is 10.3. The quantitative estimate of drug-likeness (QED) is 0.467. The molecule has 166 valence electrons. The predicted octanol–water partition coefficient (Wildman–Crippen LogP) is 7.78. The zero-order valence-corrected chi connectivity index (χ0v) is 20.3. The Kier molecular flexibility index (Phi) is 5.81. The molecule has 0 unspecified atom stereocenters. The van der Waals surface area contributed by atoms with Crippen LogP contribution in [0, 0.1) is 45.8 Å². The molecule has 0 spiro atoms. The molecule has 1 nitrogen and oxygen atoms in total. The normalized spacial score (nSPS) is 47.9. The Bertz CT molecular complexity index is 634. The highest BCUT2D eigenvalue weighted by Gasteiger charge is 2.64. The lowest BCUT2D eigenvalue weighted by molar-refractivity contribution is -0.114. The molecule has 0 aromatic heterocycles. The van der Waals surface area contributed by atoms with Crippen molar-refractivity contribution in [3.8, 4) is 0 Å². The van der Waals surface area contributed by atoms with Crippen LogP contribution in [0.2, 0.25) is 0 Å². The Hall–Kier alpha value is -0.300. The third-order valence-corrected chi connectivity index (χ3v) is 11.1. The minimum absolute atomic E-state index is 0.0853. The number of fused-ring (bicyclic) bond motifs is 5. The van der Waals surface area contributed by atoms with Crippen LogP contribution in [0.25, 0.3) is 0 Å². The van der Waals surface area contributed by atoms with Gasteiger partial charge in [-0.25, -0.2) is 0 Å². The van der Waals surface area contributed by atoms with Gasteiger partial charge in [-0.1, -0.05) is 72.5 Å². The van der Waals surface area contributed by atoms with Crippen molar-refractivity contribution in [3.63, 3.8) is 0 Å². The molecule has 0 bridgehead atoms. The van der Waals surface area contributed by atoms with E-state index in [2.05, 4.69) is 47.6 Å². The highest BCUT2D eigenvalue weighted by molar-refractivity contribution is 5.27. The first-order valence-corrected chi connectivity index (χ1v) is 13.0. The van der Waals surface area contributed by atoms with E-state index in [1.54, 1.807) is 5.57 Å². The van der Waals surface area contributed by atoms with Crippen LogP contribution >= 0.6 is 0 Å². The van der Waals surface area contributed by atoms with Crippen LogP contribution in [0.3, 0.4) is 0 Å². The summed E-state index contributed by atoms with van der Waals surface area (Å²) in [6.07, 6.45) is 17.0. The molecule has 3 fully saturated rings. The first-order valence-electron chi connectivity index (χ1n) is 13.0. The van der Waals surface area contributed by atoms with Gasteiger partial charge in [0.15, 0.2) is 0 Å². The minimum Gasteiger partial charge on any atom is -0.393 e. The molecule has 4 rings (SSSR count). The molecule has 29 heavy (non-hydrogen) atoms. The number of aliphatic hydroxyl groups is 1. The van der Waals surface area contributed by atoms with E-state index in [4.69, 9.17) is 0 Å². The van der Waals surface area contributed by atoms with E-state index in [0.717, 1.165) is 42.4 Å². The van der Waals surface area contributed by atoms with Crippen LogP contribution in [0.5, 0.6) is 0 Å². The smallest absolute Gasteiger partial charge is 0.0577 e. The van der Waals surface area contributed by atoms with Crippen LogP contribution < -0.4 is 0 Å². The molecule has 4 aliphatic carbocycles. The Balaban J connectivity index is 1.55. The molecule has 0 heterocycles.